The number of aryl methyl sites for hydroxylation is 1. The fourth-order valence-electron chi connectivity index (χ4n) is 1.92. The fourth-order valence-corrected chi connectivity index (χ4v) is 1.92. The number of hydrogen-bond donors (Lipinski definition) is 0. The SMILES string of the molecule is Cc1cc(-c2ccnn2C(C)C)ccc1C=O. The van der Waals surface area contributed by atoms with E-state index in [0.29, 0.717) is 6.04 Å². The molecule has 0 aliphatic carbocycles. The highest BCUT2D eigenvalue weighted by Gasteiger charge is 2.09. The van der Waals surface area contributed by atoms with E-state index in [-0.39, 0.29) is 0 Å². The lowest BCUT2D eigenvalue weighted by Gasteiger charge is -2.11. The predicted molar refractivity (Wildman–Crippen MR) is 68.2 cm³/mol. The van der Waals surface area contributed by atoms with Gasteiger partial charge in [-0.1, -0.05) is 12.1 Å². The molecule has 88 valence electrons. The third-order valence-electron chi connectivity index (χ3n) is 2.85. The Balaban J connectivity index is 2.50. The van der Waals surface area contributed by atoms with Gasteiger partial charge in [0.05, 0.1) is 5.69 Å². The maximum atomic E-state index is 10.8. The van der Waals surface area contributed by atoms with Crippen molar-refractivity contribution in [1.82, 2.24) is 9.78 Å². The number of benzene rings is 1. The first-order valence-electron chi connectivity index (χ1n) is 5.73. The largest absolute Gasteiger partial charge is 0.298 e. The first-order chi connectivity index (χ1) is 8.13. The average molecular weight is 228 g/mol. The van der Waals surface area contributed by atoms with Gasteiger partial charge in [0.1, 0.15) is 6.29 Å². The summed E-state index contributed by atoms with van der Waals surface area (Å²) < 4.78 is 1.98. The third kappa shape index (κ3) is 2.13. The molecule has 2 rings (SSSR count). The molecule has 1 aromatic carbocycles. The fraction of sp³-hybridized carbons (Fsp3) is 0.286. The summed E-state index contributed by atoms with van der Waals surface area (Å²) in [4.78, 5) is 10.8. The zero-order valence-corrected chi connectivity index (χ0v) is 10.3. The molecule has 0 amide bonds. The summed E-state index contributed by atoms with van der Waals surface area (Å²) in [5.41, 5.74) is 3.92. The maximum Gasteiger partial charge on any atom is 0.150 e. The molecule has 0 atom stereocenters. The molecule has 0 fully saturated rings. The molecule has 0 N–H and O–H groups in total. The number of rotatable bonds is 3. The lowest BCUT2D eigenvalue weighted by molar-refractivity contribution is 0.112. The Morgan fingerprint density at radius 2 is 2.06 bits per heavy atom. The van der Waals surface area contributed by atoms with Crippen LogP contribution in [0.1, 0.15) is 35.8 Å². The van der Waals surface area contributed by atoms with Gasteiger partial charge in [-0.2, -0.15) is 5.10 Å². The molecule has 17 heavy (non-hydrogen) atoms. The second-order valence-corrected chi connectivity index (χ2v) is 4.44. The van der Waals surface area contributed by atoms with Gasteiger partial charge in [0, 0.05) is 23.4 Å². The van der Waals surface area contributed by atoms with E-state index in [0.717, 1.165) is 28.7 Å². The highest BCUT2D eigenvalue weighted by atomic mass is 16.1. The maximum absolute atomic E-state index is 10.8. The zero-order chi connectivity index (χ0) is 12.4. The van der Waals surface area contributed by atoms with Gasteiger partial charge in [-0.05, 0) is 38.5 Å². The van der Waals surface area contributed by atoms with E-state index >= 15 is 0 Å². The summed E-state index contributed by atoms with van der Waals surface area (Å²) in [5, 5.41) is 4.31. The van der Waals surface area contributed by atoms with Crippen LogP contribution in [0.5, 0.6) is 0 Å². The second kappa shape index (κ2) is 4.53. The standard InChI is InChI=1S/C14H16N2O/c1-10(2)16-14(6-7-15-16)12-4-5-13(9-17)11(3)8-12/h4-10H,1-3H3. The molecule has 0 radical (unpaired) electrons. The van der Waals surface area contributed by atoms with E-state index in [4.69, 9.17) is 0 Å². The molecule has 0 spiro atoms. The van der Waals surface area contributed by atoms with Gasteiger partial charge in [-0.3, -0.25) is 9.48 Å². The molecular formula is C14H16N2O. The van der Waals surface area contributed by atoms with Gasteiger partial charge in [0.2, 0.25) is 0 Å². The van der Waals surface area contributed by atoms with Crippen molar-refractivity contribution in [2.24, 2.45) is 0 Å². The summed E-state index contributed by atoms with van der Waals surface area (Å²) >= 11 is 0. The van der Waals surface area contributed by atoms with Gasteiger partial charge in [-0.25, -0.2) is 0 Å². The topological polar surface area (TPSA) is 34.9 Å². The van der Waals surface area contributed by atoms with Crippen LogP contribution in [0, 0.1) is 6.92 Å². The van der Waals surface area contributed by atoms with Gasteiger partial charge in [0.25, 0.3) is 0 Å². The Labute approximate surface area is 101 Å². The summed E-state index contributed by atoms with van der Waals surface area (Å²) in [6.07, 6.45) is 2.69. The lowest BCUT2D eigenvalue weighted by Crippen LogP contribution is -2.04. The van der Waals surface area contributed by atoms with Crippen LogP contribution < -0.4 is 0 Å². The van der Waals surface area contributed by atoms with Gasteiger partial charge < -0.3 is 0 Å². The van der Waals surface area contributed by atoms with Crippen LogP contribution in [0.4, 0.5) is 0 Å². The van der Waals surface area contributed by atoms with Crippen molar-refractivity contribution in [3.05, 3.63) is 41.6 Å². The van der Waals surface area contributed by atoms with E-state index < -0.39 is 0 Å². The predicted octanol–water partition coefficient (Wildman–Crippen LogP) is 3.25. The molecule has 0 bridgehead atoms. The molecule has 0 saturated carbocycles. The van der Waals surface area contributed by atoms with Crippen molar-refractivity contribution >= 4 is 6.29 Å². The summed E-state index contributed by atoms with van der Waals surface area (Å²) in [5.74, 6) is 0. The van der Waals surface area contributed by atoms with Gasteiger partial charge in [0.15, 0.2) is 0 Å². The van der Waals surface area contributed by atoms with Crippen molar-refractivity contribution < 1.29 is 4.79 Å². The Bertz CT molecular complexity index is 541. The van der Waals surface area contributed by atoms with Crippen molar-refractivity contribution in [1.29, 1.82) is 0 Å². The van der Waals surface area contributed by atoms with Crippen molar-refractivity contribution in [2.45, 2.75) is 26.8 Å². The minimum absolute atomic E-state index is 0.325. The summed E-state index contributed by atoms with van der Waals surface area (Å²) in [6, 6.07) is 8.17. The molecule has 3 nitrogen and oxygen atoms in total. The number of aldehydes is 1. The smallest absolute Gasteiger partial charge is 0.150 e. The number of carbonyl (C=O) groups excluding carboxylic acids is 1. The highest BCUT2D eigenvalue weighted by molar-refractivity contribution is 5.79. The summed E-state index contributed by atoms with van der Waals surface area (Å²) in [6.45, 7) is 6.15. The number of carbonyl (C=O) groups is 1. The van der Waals surface area contributed by atoms with Crippen LogP contribution in [0.3, 0.4) is 0 Å². The second-order valence-electron chi connectivity index (χ2n) is 4.44. The van der Waals surface area contributed by atoms with E-state index in [1.54, 1.807) is 6.20 Å². The molecule has 2 aromatic rings. The van der Waals surface area contributed by atoms with Crippen LogP contribution in [-0.2, 0) is 0 Å². The van der Waals surface area contributed by atoms with E-state index in [1.807, 2.05) is 35.9 Å². The molecule has 0 aliphatic rings. The number of nitrogens with zero attached hydrogens (tertiary/aromatic N) is 2. The Morgan fingerprint density at radius 1 is 1.29 bits per heavy atom. The summed E-state index contributed by atoms with van der Waals surface area (Å²) in [7, 11) is 0. The molecule has 1 aromatic heterocycles. The lowest BCUT2D eigenvalue weighted by atomic mass is 10.0. The average Bonchev–Trinajstić information content (AvgIpc) is 2.77. The molecule has 0 unspecified atom stereocenters. The van der Waals surface area contributed by atoms with E-state index in [1.165, 1.54) is 0 Å². The van der Waals surface area contributed by atoms with E-state index in [9.17, 15) is 4.79 Å². The van der Waals surface area contributed by atoms with Crippen molar-refractivity contribution in [3.63, 3.8) is 0 Å². The molecule has 3 heteroatoms. The van der Waals surface area contributed by atoms with Crippen LogP contribution in [0.25, 0.3) is 11.3 Å². The number of aromatic nitrogens is 2. The van der Waals surface area contributed by atoms with Crippen LogP contribution >= 0.6 is 0 Å². The number of hydrogen-bond acceptors (Lipinski definition) is 2. The third-order valence-corrected chi connectivity index (χ3v) is 2.85. The Morgan fingerprint density at radius 3 is 2.65 bits per heavy atom. The van der Waals surface area contributed by atoms with E-state index in [2.05, 4.69) is 18.9 Å². The van der Waals surface area contributed by atoms with Crippen LogP contribution in [-0.4, -0.2) is 16.1 Å². The molecule has 1 heterocycles. The highest BCUT2D eigenvalue weighted by Crippen LogP contribution is 2.23. The minimum Gasteiger partial charge on any atom is -0.298 e. The molecule has 0 saturated heterocycles. The van der Waals surface area contributed by atoms with Gasteiger partial charge in [-0.15, -0.1) is 0 Å². The first-order valence-corrected chi connectivity index (χ1v) is 5.73. The Hall–Kier alpha value is -1.90. The van der Waals surface area contributed by atoms with Crippen molar-refractivity contribution in [3.8, 4) is 11.3 Å². The monoisotopic (exact) mass is 228 g/mol. The zero-order valence-electron chi connectivity index (χ0n) is 10.3. The van der Waals surface area contributed by atoms with Crippen LogP contribution in [0.15, 0.2) is 30.5 Å². The van der Waals surface area contributed by atoms with Gasteiger partial charge >= 0.3 is 0 Å². The Kier molecular flexibility index (Phi) is 3.09. The molecule has 0 aliphatic heterocycles. The van der Waals surface area contributed by atoms with Crippen molar-refractivity contribution in [2.75, 3.05) is 0 Å². The first kappa shape index (κ1) is 11.6. The molecular weight excluding hydrogens is 212 g/mol. The van der Waals surface area contributed by atoms with Crippen LogP contribution in [0.2, 0.25) is 0 Å². The quantitative estimate of drug-likeness (QED) is 0.756. The minimum atomic E-state index is 0.325. The normalized spacial score (nSPS) is 10.8.